The van der Waals surface area contributed by atoms with Crippen LogP contribution in [-0.4, -0.2) is 69.8 Å². The molecule has 0 saturated carbocycles. The Hall–Kier alpha value is -3.11. The molecular formula is C26H33N3O6S. The van der Waals surface area contributed by atoms with Crippen molar-refractivity contribution >= 4 is 27.5 Å². The number of benzene rings is 2. The van der Waals surface area contributed by atoms with E-state index in [2.05, 4.69) is 5.32 Å². The first-order valence-electron chi connectivity index (χ1n) is 12.2. The third kappa shape index (κ3) is 5.82. The van der Waals surface area contributed by atoms with Gasteiger partial charge in [0.05, 0.1) is 26.6 Å². The molecule has 4 rings (SSSR count). The molecule has 2 amide bonds. The molecule has 2 aromatic rings. The van der Waals surface area contributed by atoms with Gasteiger partial charge in [0, 0.05) is 37.9 Å². The maximum atomic E-state index is 13.4. The SMILES string of the molecule is COc1ccc(OC)c(S(=O)(=O)N2CCC[C@@H](C(=O)Nc3ccc(CC(=O)N4CCCC4)cc3)C2)c1. The summed E-state index contributed by atoms with van der Waals surface area (Å²) >= 11 is 0. The van der Waals surface area contributed by atoms with Crippen molar-refractivity contribution in [2.45, 2.75) is 37.0 Å². The van der Waals surface area contributed by atoms with E-state index in [0.717, 1.165) is 31.5 Å². The zero-order valence-corrected chi connectivity index (χ0v) is 21.6. The summed E-state index contributed by atoms with van der Waals surface area (Å²) < 4.78 is 38.6. The van der Waals surface area contributed by atoms with Crippen LogP contribution in [0.3, 0.4) is 0 Å². The molecule has 2 heterocycles. The molecule has 0 bridgehead atoms. The molecule has 2 fully saturated rings. The molecule has 10 heteroatoms. The van der Waals surface area contributed by atoms with Gasteiger partial charge in [-0.15, -0.1) is 0 Å². The third-order valence-electron chi connectivity index (χ3n) is 6.78. The van der Waals surface area contributed by atoms with Gasteiger partial charge in [0.25, 0.3) is 0 Å². The lowest BCUT2D eigenvalue weighted by Crippen LogP contribution is -2.43. The van der Waals surface area contributed by atoms with Gasteiger partial charge in [-0.3, -0.25) is 9.59 Å². The van der Waals surface area contributed by atoms with Gasteiger partial charge in [0.1, 0.15) is 16.4 Å². The van der Waals surface area contributed by atoms with Crippen molar-refractivity contribution in [2.75, 3.05) is 45.7 Å². The van der Waals surface area contributed by atoms with E-state index in [1.807, 2.05) is 17.0 Å². The highest BCUT2D eigenvalue weighted by Gasteiger charge is 2.35. The first kappa shape index (κ1) is 26.0. The number of methoxy groups -OCH3 is 2. The Morgan fingerprint density at radius 1 is 0.972 bits per heavy atom. The summed E-state index contributed by atoms with van der Waals surface area (Å²) in [5.74, 6) is 0.0485. The molecule has 0 aliphatic carbocycles. The molecule has 36 heavy (non-hydrogen) atoms. The number of carbonyl (C=O) groups is 2. The molecular weight excluding hydrogens is 482 g/mol. The summed E-state index contributed by atoms with van der Waals surface area (Å²) in [6.07, 6.45) is 3.63. The van der Waals surface area contributed by atoms with E-state index in [-0.39, 0.29) is 29.0 Å². The third-order valence-corrected chi connectivity index (χ3v) is 8.67. The van der Waals surface area contributed by atoms with E-state index in [4.69, 9.17) is 9.47 Å². The number of ether oxygens (including phenoxy) is 2. The number of carbonyl (C=O) groups excluding carboxylic acids is 2. The molecule has 2 aliphatic heterocycles. The minimum Gasteiger partial charge on any atom is -0.497 e. The highest BCUT2D eigenvalue weighted by atomic mass is 32.2. The number of amides is 2. The second kappa shape index (κ2) is 11.3. The topological polar surface area (TPSA) is 105 Å². The molecule has 9 nitrogen and oxygen atoms in total. The minimum atomic E-state index is -3.89. The van der Waals surface area contributed by atoms with E-state index < -0.39 is 15.9 Å². The maximum Gasteiger partial charge on any atom is 0.246 e. The van der Waals surface area contributed by atoms with Crippen LogP contribution in [0.15, 0.2) is 47.4 Å². The number of sulfonamides is 1. The van der Waals surface area contributed by atoms with Crippen LogP contribution < -0.4 is 14.8 Å². The smallest absolute Gasteiger partial charge is 0.246 e. The van der Waals surface area contributed by atoms with Gasteiger partial charge in [-0.05, 0) is 55.5 Å². The summed E-state index contributed by atoms with van der Waals surface area (Å²) in [6.45, 7) is 2.06. The average molecular weight is 516 g/mol. The highest BCUT2D eigenvalue weighted by molar-refractivity contribution is 7.89. The van der Waals surface area contributed by atoms with E-state index >= 15 is 0 Å². The van der Waals surface area contributed by atoms with E-state index in [0.29, 0.717) is 37.2 Å². The lowest BCUT2D eigenvalue weighted by atomic mass is 9.98. The Bertz CT molecular complexity index is 1190. The fourth-order valence-electron chi connectivity index (χ4n) is 4.70. The Morgan fingerprint density at radius 2 is 1.69 bits per heavy atom. The van der Waals surface area contributed by atoms with Crippen LogP contribution in [0.5, 0.6) is 11.5 Å². The van der Waals surface area contributed by atoms with Crippen LogP contribution in [0.2, 0.25) is 0 Å². The predicted octanol–water partition coefficient (Wildman–Crippen LogP) is 2.91. The number of rotatable bonds is 8. The quantitative estimate of drug-likeness (QED) is 0.580. The van der Waals surface area contributed by atoms with Gasteiger partial charge >= 0.3 is 0 Å². The summed E-state index contributed by atoms with van der Waals surface area (Å²) in [4.78, 5) is 27.3. The number of piperidine rings is 1. The fraction of sp³-hybridized carbons (Fsp3) is 0.462. The average Bonchev–Trinajstić information content (AvgIpc) is 3.45. The Labute approximate surface area is 212 Å². The fourth-order valence-corrected chi connectivity index (χ4v) is 6.40. The van der Waals surface area contributed by atoms with E-state index in [1.54, 1.807) is 24.3 Å². The van der Waals surface area contributed by atoms with Crippen molar-refractivity contribution in [2.24, 2.45) is 5.92 Å². The van der Waals surface area contributed by atoms with Crippen molar-refractivity contribution in [3.8, 4) is 11.5 Å². The van der Waals surface area contributed by atoms with Crippen molar-refractivity contribution in [1.29, 1.82) is 0 Å². The van der Waals surface area contributed by atoms with Gasteiger partial charge in [-0.2, -0.15) is 4.31 Å². The second-order valence-electron chi connectivity index (χ2n) is 9.17. The van der Waals surface area contributed by atoms with Crippen LogP contribution in [0.25, 0.3) is 0 Å². The minimum absolute atomic E-state index is 0.0180. The summed E-state index contributed by atoms with van der Waals surface area (Å²) in [7, 11) is -1.00. The van der Waals surface area contributed by atoms with E-state index in [9.17, 15) is 18.0 Å². The summed E-state index contributed by atoms with van der Waals surface area (Å²) in [5, 5.41) is 2.90. The van der Waals surface area contributed by atoms with Crippen LogP contribution in [0.1, 0.15) is 31.2 Å². The molecule has 0 spiro atoms. The van der Waals surface area contributed by atoms with Crippen LogP contribution >= 0.6 is 0 Å². The van der Waals surface area contributed by atoms with Crippen molar-refractivity contribution in [3.05, 3.63) is 48.0 Å². The summed E-state index contributed by atoms with van der Waals surface area (Å²) in [5.41, 5.74) is 1.51. The Balaban J connectivity index is 1.39. The number of anilines is 1. The van der Waals surface area contributed by atoms with Gasteiger partial charge in [-0.1, -0.05) is 12.1 Å². The number of hydrogen-bond donors (Lipinski definition) is 1. The number of likely N-dealkylation sites (tertiary alicyclic amines) is 1. The molecule has 0 aromatic heterocycles. The molecule has 1 N–H and O–H groups in total. The van der Waals surface area contributed by atoms with Gasteiger partial charge < -0.3 is 19.7 Å². The zero-order chi connectivity index (χ0) is 25.7. The van der Waals surface area contributed by atoms with Gasteiger partial charge in [0.15, 0.2) is 0 Å². The largest absolute Gasteiger partial charge is 0.497 e. The molecule has 0 radical (unpaired) electrons. The zero-order valence-electron chi connectivity index (χ0n) is 20.7. The van der Waals surface area contributed by atoms with Gasteiger partial charge in [0.2, 0.25) is 21.8 Å². The van der Waals surface area contributed by atoms with Crippen molar-refractivity contribution in [3.63, 3.8) is 0 Å². The van der Waals surface area contributed by atoms with Crippen LogP contribution in [-0.2, 0) is 26.0 Å². The molecule has 0 unspecified atom stereocenters. The molecule has 2 aromatic carbocycles. The van der Waals surface area contributed by atoms with Crippen LogP contribution in [0.4, 0.5) is 5.69 Å². The first-order chi connectivity index (χ1) is 17.3. The normalized spacial score (nSPS) is 18.6. The monoisotopic (exact) mass is 515 g/mol. The van der Waals surface area contributed by atoms with Gasteiger partial charge in [-0.25, -0.2) is 8.42 Å². The Morgan fingerprint density at radius 3 is 2.36 bits per heavy atom. The first-order valence-corrected chi connectivity index (χ1v) is 13.7. The number of hydrogen-bond acceptors (Lipinski definition) is 6. The van der Waals surface area contributed by atoms with Crippen LogP contribution in [0, 0.1) is 5.92 Å². The van der Waals surface area contributed by atoms with E-state index in [1.165, 1.54) is 24.6 Å². The standard InChI is InChI=1S/C26H33N3O6S/c1-34-22-11-12-23(35-2)24(17-22)36(32,33)29-15-5-6-20(18-29)26(31)27-21-9-7-19(8-10-21)16-25(30)28-13-3-4-14-28/h7-12,17,20H,3-6,13-16,18H2,1-2H3,(H,27,31)/t20-/m1/s1. The molecule has 2 saturated heterocycles. The van der Waals surface area contributed by atoms with Crippen molar-refractivity contribution in [1.82, 2.24) is 9.21 Å². The number of nitrogens with one attached hydrogen (secondary N) is 1. The molecule has 2 aliphatic rings. The number of nitrogens with zero attached hydrogens (tertiary/aromatic N) is 2. The maximum absolute atomic E-state index is 13.4. The summed E-state index contributed by atoms with van der Waals surface area (Å²) in [6, 6.07) is 11.9. The molecule has 1 atom stereocenters. The second-order valence-corrected chi connectivity index (χ2v) is 11.1. The molecule has 194 valence electrons. The predicted molar refractivity (Wildman–Crippen MR) is 136 cm³/mol. The lowest BCUT2D eigenvalue weighted by molar-refractivity contribution is -0.129. The Kier molecular flexibility index (Phi) is 8.15. The highest BCUT2D eigenvalue weighted by Crippen LogP contribution is 2.33. The lowest BCUT2D eigenvalue weighted by Gasteiger charge is -2.31. The van der Waals surface area contributed by atoms with Crippen molar-refractivity contribution < 1.29 is 27.5 Å².